The number of rotatable bonds is 11. The minimum absolute atomic E-state index is 0.0432. The first-order valence-corrected chi connectivity index (χ1v) is 13.7. The number of nitrogens with zero attached hydrogens (tertiary/aromatic N) is 1. The minimum Gasteiger partial charge on any atom is -0.465 e. The van der Waals surface area contributed by atoms with Crippen molar-refractivity contribution in [1.82, 2.24) is 9.62 Å². The molecule has 10 heteroatoms. The lowest BCUT2D eigenvalue weighted by Gasteiger charge is -2.32. The number of carboxylic acid groups (broad SMARTS) is 1. The van der Waals surface area contributed by atoms with E-state index in [0.717, 1.165) is 11.0 Å². The second kappa shape index (κ2) is 12.1. The number of aliphatic hydroxyl groups is 1. The van der Waals surface area contributed by atoms with Gasteiger partial charge in [-0.05, 0) is 63.2 Å². The maximum atomic E-state index is 13.6. The minimum atomic E-state index is -1.56. The predicted octanol–water partition coefficient (Wildman–Crippen LogP) is 3.21. The molecule has 1 fully saturated rings. The standard InChI is InChI=1S/C27H39BN2O6S/c1-19(2)17-30(18-24(31)23(29-25(32)33)16-20-10-8-7-9-11-20)37(34)22-14-12-21(13-15-22)28-35-26(3,4)27(5,6)36-28/h7-15,19,23-24,29,31H,16-18H2,1-6H3,(H,32,33). The molecule has 2 aromatic carbocycles. The van der Waals surface area contributed by atoms with Crippen LogP contribution in [0.1, 0.15) is 47.1 Å². The van der Waals surface area contributed by atoms with Crippen molar-refractivity contribution >= 4 is 29.7 Å². The van der Waals surface area contributed by atoms with Crippen molar-refractivity contribution in [2.45, 2.75) is 76.2 Å². The van der Waals surface area contributed by atoms with Gasteiger partial charge >= 0.3 is 13.2 Å². The fraction of sp³-hybridized carbons (Fsp3) is 0.519. The van der Waals surface area contributed by atoms with Crippen LogP contribution in [0, 0.1) is 5.92 Å². The first-order valence-electron chi connectivity index (χ1n) is 12.6. The maximum absolute atomic E-state index is 13.6. The molecule has 3 unspecified atom stereocenters. The Bertz CT molecular complexity index is 1050. The monoisotopic (exact) mass is 530 g/mol. The van der Waals surface area contributed by atoms with Crippen LogP contribution in [0.5, 0.6) is 0 Å². The molecule has 202 valence electrons. The highest BCUT2D eigenvalue weighted by Crippen LogP contribution is 2.36. The van der Waals surface area contributed by atoms with Gasteiger partial charge in [-0.3, -0.25) is 0 Å². The number of hydrogen-bond donors (Lipinski definition) is 3. The van der Waals surface area contributed by atoms with Gasteiger partial charge in [-0.2, -0.15) is 0 Å². The Morgan fingerprint density at radius 1 is 1.00 bits per heavy atom. The van der Waals surface area contributed by atoms with Gasteiger partial charge < -0.3 is 24.8 Å². The molecule has 1 amide bonds. The lowest BCUT2D eigenvalue weighted by atomic mass is 9.79. The van der Waals surface area contributed by atoms with Crippen molar-refractivity contribution in [3.8, 4) is 0 Å². The van der Waals surface area contributed by atoms with Crippen molar-refractivity contribution in [1.29, 1.82) is 0 Å². The first kappa shape index (κ1) is 29.3. The Morgan fingerprint density at radius 3 is 2.08 bits per heavy atom. The molecule has 0 aliphatic carbocycles. The Balaban J connectivity index is 1.75. The highest BCUT2D eigenvalue weighted by Gasteiger charge is 2.51. The molecule has 0 radical (unpaired) electrons. The summed E-state index contributed by atoms with van der Waals surface area (Å²) in [4.78, 5) is 12.0. The Kier molecular flexibility index (Phi) is 9.58. The number of benzene rings is 2. The van der Waals surface area contributed by atoms with Crippen LogP contribution < -0.4 is 10.8 Å². The fourth-order valence-electron chi connectivity index (χ4n) is 4.13. The van der Waals surface area contributed by atoms with E-state index in [0.29, 0.717) is 17.9 Å². The zero-order valence-electron chi connectivity index (χ0n) is 22.5. The van der Waals surface area contributed by atoms with Gasteiger partial charge in [0.15, 0.2) is 0 Å². The maximum Gasteiger partial charge on any atom is 0.494 e. The molecule has 8 nitrogen and oxygen atoms in total. The molecule has 0 bridgehead atoms. The van der Waals surface area contributed by atoms with Crippen LogP contribution in [-0.2, 0) is 26.7 Å². The molecule has 1 aliphatic heterocycles. The van der Waals surface area contributed by atoms with Gasteiger partial charge in [0, 0.05) is 13.1 Å². The summed E-state index contributed by atoms with van der Waals surface area (Å²) in [6, 6.07) is 15.9. The van der Waals surface area contributed by atoms with E-state index < -0.39 is 47.5 Å². The first-order chi connectivity index (χ1) is 17.3. The van der Waals surface area contributed by atoms with E-state index in [1.54, 1.807) is 16.4 Å². The zero-order valence-corrected chi connectivity index (χ0v) is 23.3. The average Bonchev–Trinajstić information content (AvgIpc) is 3.04. The van der Waals surface area contributed by atoms with E-state index in [4.69, 9.17) is 9.31 Å². The van der Waals surface area contributed by atoms with Gasteiger partial charge in [-0.15, -0.1) is 0 Å². The Morgan fingerprint density at radius 2 is 1.57 bits per heavy atom. The smallest absolute Gasteiger partial charge is 0.465 e. The van der Waals surface area contributed by atoms with Gasteiger partial charge in [-0.1, -0.05) is 56.3 Å². The molecular formula is C27H39BN2O6S. The molecular weight excluding hydrogens is 491 g/mol. The number of carbonyl (C=O) groups is 1. The van der Waals surface area contributed by atoms with Crippen LogP contribution in [0.15, 0.2) is 59.5 Å². The molecule has 37 heavy (non-hydrogen) atoms. The highest BCUT2D eigenvalue weighted by atomic mass is 32.2. The summed E-state index contributed by atoms with van der Waals surface area (Å²) in [6.07, 6.45) is -1.96. The Hall–Kier alpha value is -2.24. The van der Waals surface area contributed by atoms with E-state index in [2.05, 4.69) is 5.32 Å². The normalized spacial score (nSPS) is 19.1. The summed E-state index contributed by atoms with van der Waals surface area (Å²) in [7, 11) is -2.07. The number of hydrogen-bond acceptors (Lipinski definition) is 5. The molecule has 0 spiro atoms. The summed E-state index contributed by atoms with van der Waals surface area (Å²) >= 11 is 0. The number of aliphatic hydroxyl groups excluding tert-OH is 1. The zero-order chi connectivity index (χ0) is 27.4. The van der Waals surface area contributed by atoms with Crippen LogP contribution >= 0.6 is 0 Å². The van der Waals surface area contributed by atoms with Crippen LogP contribution in [0.25, 0.3) is 0 Å². The van der Waals surface area contributed by atoms with E-state index in [1.807, 2.05) is 84.0 Å². The fourth-order valence-corrected chi connectivity index (χ4v) is 5.52. The van der Waals surface area contributed by atoms with Crippen molar-refractivity contribution in [2.75, 3.05) is 13.1 Å². The van der Waals surface area contributed by atoms with Gasteiger partial charge in [-0.25, -0.2) is 13.3 Å². The quantitative estimate of drug-likeness (QED) is 0.385. The molecule has 1 aliphatic rings. The third-order valence-electron chi connectivity index (χ3n) is 6.87. The van der Waals surface area contributed by atoms with Crippen molar-refractivity contribution in [3.05, 3.63) is 60.2 Å². The highest BCUT2D eigenvalue weighted by molar-refractivity contribution is 7.82. The number of nitrogens with one attached hydrogen (secondary N) is 1. The molecule has 0 aromatic heterocycles. The van der Waals surface area contributed by atoms with Crippen LogP contribution in [-0.4, -0.2) is 68.4 Å². The van der Waals surface area contributed by atoms with Gasteiger partial charge in [0.25, 0.3) is 0 Å². The lowest BCUT2D eigenvalue weighted by Crippen LogP contribution is -2.50. The third kappa shape index (κ3) is 7.64. The summed E-state index contributed by atoms with van der Waals surface area (Å²) in [5.74, 6) is 0.181. The van der Waals surface area contributed by atoms with E-state index in [1.165, 1.54) is 0 Å². The van der Waals surface area contributed by atoms with Crippen molar-refractivity contribution in [2.24, 2.45) is 5.92 Å². The Labute approximate surface area is 223 Å². The van der Waals surface area contributed by atoms with E-state index in [-0.39, 0.29) is 12.5 Å². The molecule has 3 rings (SSSR count). The van der Waals surface area contributed by atoms with Gasteiger partial charge in [0.05, 0.1) is 28.2 Å². The predicted molar refractivity (Wildman–Crippen MR) is 146 cm³/mol. The van der Waals surface area contributed by atoms with Crippen LogP contribution in [0.4, 0.5) is 4.79 Å². The molecule has 3 atom stereocenters. The van der Waals surface area contributed by atoms with Crippen molar-refractivity contribution in [3.63, 3.8) is 0 Å². The molecule has 3 N–H and O–H groups in total. The van der Waals surface area contributed by atoms with Gasteiger partial charge in [0.2, 0.25) is 0 Å². The summed E-state index contributed by atoms with van der Waals surface area (Å²) in [5, 5.41) is 22.8. The topological polar surface area (TPSA) is 108 Å². The molecule has 1 saturated heterocycles. The largest absolute Gasteiger partial charge is 0.494 e. The van der Waals surface area contributed by atoms with Crippen LogP contribution in [0.2, 0.25) is 0 Å². The number of amides is 1. The SMILES string of the molecule is CC(C)CN(CC(O)C(Cc1ccccc1)NC(=O)O)S(=O)c1ccc(B2OC(C)(C)C(C)(C)O2)cc1. The second-order valence-corrected chi connectivity index (χ2v) is 12.4. The van der Waals surface area contributed by atoms with Crippen molar-refractivity contribution < 1.29 is 28.5 Å². The lowest BCUT2D eigenvalue weighted by molar-refractivity contribution is 0.00578. The summed E-state index contributed by atoms with van der Waals surface area (Å²) < 4.78 is 27.5. The van der Waals surface area contributed by atoms with E-state index in [9.17, 15) is 19.2 Å². The van der Waals surface area contributed by atoms with Gasteiger partial charge in [0.1, 0.15) is 11.0 Å². The van der Waals surface area contributed by atoms with E-state index >= 15 is 0 Å². The summed E-state index contributed by atoms with van der Waals surface area (Å²) in [5.41, 5.74) is 0.825. The molecule has 2 aromatic rings. The third-order valence-corrected chi connectivity index (χ3v) is 8.32. The summed E-state index contributed by atoms with van der Waals surface area (Å²) in [6.45, 7) is 12.5. The molecule has 0 saturated carbocycles. The van der Waals surface area contributed by atoms with Crippen LogP contribution in [0.3, 0.4) is 0 Å². The molecule has 1 heterocycles. The average molecular weight is 530 g/mol. The second-order valence-electron chi connectivity index (χ2n) is 11.0.